The zero-order chi connectivity index (χ0) is 25.4. The molecule has 0 spiro atoms. The van der Waals surface area contributed by atoms with E-state index < -0.39 is 0 Å². The Morgan fingerprint density at radius 2 is 2.08 bits per heavy atom. The van der Waals surface area contributed by atoms with Crippen LogP contribution in [0.3, 0.4) is 0 Å². The number of rotatable bonds is 8. The summed E-state index contributed by atoms with van der Waals surface area (Å²) in [6.45, 7) is 6.18. The van der Waals surface area contributed by atoms with Crippen LogP contribution in [0.1, 0.15) is 26.7 Å². The minimum absolute atomic E-state index is 0.374. The molecule has 5 aromatic rings. The topological polar surface area (TPSA) is 88.4 Å². The van der Waals surface area contributed by atoms with Gasteiger partial charge in [0.25, 0.3) is 6.01 Å². The smallest absolute Gasteiger partial charge is 0.300 e. The SMILES string of the molecule is CC(C)N1CCC[C@H]1COc1cc(Nc2nc3cc(Oc4ccnc5[nH]ccc45)ccc3o2)ccc1Cl. The molecule has 0 aliphatic carbocycles. The van der Waals surface area contributed by atoms with Gasteiger partial charge in [0.1, 0.15) is 35.0 Å². The van der Waals surface area contributed by atoms with E-state index in [-0.39, 0.29) is 0 Å². The fourth-order valence-electron chi connectivity index (χ4n) is 4.89. The van der Waals surface area contributed by atoms with Gasteiger partial charge in [0.05, 0.1) is 10.4 Å². The maximum absolute atomic E-state index is 6.44. The van der Waals surface area contributed by atoms with E-state index in [1.807, 2.05) is 54.7 Å². The molecule has 1 aliphatic heterocycles. The molecule has 9 heteroatoms. The van der Waals surface area contributed by atoms with E-state index in [9.17, 15) is 0 Å². The van der Waals surface area contributed by atoms with Crippen LogP contribution in [-0.4, -0.2) is 45.1 Å². The van der Waals surface area contributed by atoms with Crippen LogP contribution in [0.4, 0.5) is 11.7 Å². The first-order valence-corrected chi connectivity index (χ1v) is 12.9. The van der Waals surface area contributed by atoms with Gasteiger partial charge in [-0.3, -0.25) is 4.90 Å². The molecule has 0 unspecified atom stereocenters. The third kappa shape index (κ3) is 4.95. The lowest BCUT2D eigenvalue weighted by Gasteiger charge is -2.28. The molecule has 0 saturated carbocycles. The van der Waals surface area contributed by atoms with E-state index in [0.29, 0.717) is 52.3 Å². The van der Waals surface area contributed by atoms with E-state index in [2.05, 4.69) is 39.0 Å². The number of nitrogens with zero attached hydrogens (tertiary/aromatic N) is 3. The predicted octanol–water partition coefficient (Wildman–Crippen LogP) is 7.15. The average molecular weight is 518 g/mol. The number of benzene rings is 2. The molecule has 190 valence electrons. The number of aromatic nitrogens is 3. The minimum atomic E-state index is 0.374. The highest BCUT2D eigenvalue weighted by atomic mass is 35.5. The first-order chi connectivity index (χ1) is 18.0. The summed E-state index contributed by atoms with van der Waals surface area (Å²) in [5.74, 6) is 2.02. The normalized spacial score (nSPS) is 16.2. The number of anilines is 2. The molecule has 0 amide bonds. The number of oxazole rings is 1. The highest BCUT2D eigenvalue weighted by molar-refractivity contribution is 6.32. The van der Waals surface area contributed by atoms with Crippen LogP contribution >= 0.6 is 11.6 Å². The van der Waals surface area contributed by atoms with E-state index >= 15 is 0 Å². The number of pyridine rings is 1. The molecule has 1 fully saturated rings. The molecule has 4 heterocycles. The first kappa shape index (κ1) is 23.6. The summed E-state index contributed by atoms with van der Waals surface area (Å²) in [5, 5.41) is 4.71. The number of halogens is 1. The third-order valence-corrected chi connectivity index (χ3v) is 7.02. The summed E-state index contributed by atoms with van der Waals surface area (Å²) in [6, 6.07) is 16.2. The Kier molecular flexibility index (Phi) is 6.36. The molecular weight excluding hydrogens is 490 g/mol. The van der Waals surface area contributed by atoms with Gasteiger partial charge >= 0.3 is 0 Å². The van der Waals surface area contributed by atoms with Gasteiger partial charge < -0.3 is 24.2 Å². The van der Waals surface area contributed by atoms with Crippen LogP contribution in [0, 0.1) is 0 Å². The number of likely N-dealkylation sites (tertiary alicyclic amines) is 1. The Bertz CT molecular complexity index is 1550. The second-order valence-corrected chi connectivity index (χ2v) is 9.92. The lowest BCUT2D eigenvalue weighted by atomic mass is 10.2. The van der Waals surface area contributed by atoms with Crippen LogP contribution in [0.2, 0.25) is 5.02 Å². The predicted molar refractivity (Wildman–Crippen MR) is 145 cm³/mol. The fourth-order valence-corrected chi connectivity index (χ4v) is 5.07. The Morgan fingerprint density at radius 3 is 2.97 bits per heavy atom. The Morgan fingerprint density at radius 1 is 1.16 bits per heavy atom. The molecule has 8 nitrogen and oxygen atoms in total. The average Bonchev–Trinajstić information content (AvgIpc) is 3.63. The molecule has 0 radical (unpaired) electrons. The molecule has 0 bridgehead atoms. The van der Waals surface area contributed by atoms with Crippen LogP contribution in [0.15, 0.2) is 65.3 Å². The molecule has 1 aliphatic rings. The van der Waals surface area contributed by atoms with Gasteiger partial charge in [0.15, 0.2) is 5.58 Å². The van der Waals surface area contributed by atoms with Crippen molar-refractivity contribution < 1.29 is 13.9 Å². The van der Waals surface area contributed by atoms with Gasteiger partial charge in [-0.2, -0.15) is 4.98 Å². The molecule has 2 N–H and O–H groups in total. The van der Waals surface area contributed by atoms with E-state index in [1.165, 1.54) is 6.42 Å². The Hall–Kier alpha value is -3.75. The maximum atomic E-state index is 6.44. The van der Waals surface area contributed by atoms with Gasteiger partial charge in [-0.15, -0.1) is 0 Å². The Balaban J connectivity index is 1.16. The van der Waals surface area contributed by atoms with Crippen LogP contribution in [-0.2, 0) is 0 Å². The summed E-state index contributed by atoms with van der Waals surface area (Å²) in [4.78, 5) is 14.5. The van der Waals surface area contributed by atoms with Crippen molar-refractivity contribution in [1.29, 1.82) is 0 Å². The van der Waals surface area contributed by atoms with Gasteiger partial charge in [0.2, 0.25) is 0 Å². The third-order valence-electron chi connectivity index (χ3n) is 6.71. The molecule has 2 aromatic carbocycles. The monoisotopic (exact) mass is 517 g/mol. The first-order valence-electron chi connectivity index (χ1n) is 12.5. The van der Waals surface area contributed by atoms with Crippen molar-refractivity contribution in [3.05, 3.63) is 65.9 Å². The lowest BCUT2D eigenvalue weighted by Crippen LogP contribution is -2.39. The summed E-state index contributed by atoms with van der Waals surface area (Å²) in [6.07, 6.45) is 5.89. The van der Waals surface area contributed by atoms with Crippen molar-refractivity contribution in [2.45, 2.75) is 38.8 Å². The number of hydrogen-bond acceptors (Lipinski definition) is 7. The van der Waals surface area contributed by atoms with Crippen LogP contribution < -0.4 is 14.8 Å². The zero-order valence-corrected chi connectivity index (χ0v) is 21.5. The van der Waals surface area contributed by atoms with Gasteiger partial charge in [0, 0.05) is 42.3 Å². The standard InChI is InChI=1S/C28H28ClN5O3/c1-17(2)34-13-3-4-19(34)16-35-26-14-18(5-7-22(26)29)32-28-33-23-15-20(6-8-25(23)37-28)36-24-10-12-31-27-21(24)9-11-30-27/h5-12,14-15,17,19H,3-4,13,16H2,1-2H3,(H,30,31)(H,32,33)/t19-/m0/s1. The van der Waals surface area contributed by atoms with E-state index in [0.717, 1.165) is 35.4 Å². The number of nitrogens with one attached hydrogen (secondary N) is 2. The Labute approximate surface area is 219 Å². The molecule has 3 aromatic heterocycles. The van der Waals surface area contributed by atoms with Crippen LogP contribution in [0.5, 0.6) is 17.2 Å². The van der Waals surface area contributed by atoms with E-state index in [4.69, 9.17) is 25.5 Å². The second-order valence-electron chi connectivity index (χ2n) is 9.51. The summed E-state index contributed by atoms with van der Waals surface area (Å²) in [5.41, 5.74) is 2.89. The van der Waals surface area contributed by atoms with Gasteiger partial charge in [-0.25, -0.2) is 4.98 Å². The maximum Gasteiger partial charge on any atom is 0.300 e. The van der Waals surface area contributed by atoms with Crippen molar-refractivity contribution >= 4 is 45.4 Å². The lowest BCUT2D eigenvalue weighted by molar-refractivity contribution is 0.144. The quantitative estimate of drug-likeness (QED) is 0.226. The van der Waals surface area contributed by atoms with Crippen molar-refractivity contribution in [3.8, 4) is 17.2 Å². The number of hydrogen-bond donors (Lipinski definition) is 2. The minimum Gasteiger partial charge on any atom is -0.490 e. The summed E-state index contributed by atoms with van der Waals surface area (Å²) >= 11 is 6.44. The number of ether oxygens (including phenoxy) is 2. The highest BCUT2D eigenvalue weighted by Crippen LogP contribution is 2.33. The summed E-state index contributed by atoms with van der Waals surface area (Å²) in [7, 11) is 0. The molecule has 1 saturated heterocycles. The zero-order valence-electron chi connectivity index (χ0n) is 20.7. The van der Waals surface area contributed by atoms with Gasteiger partial charge in [-0.1, -0.05) is 11.6 Å². The molecule has 37 heavy (non-hydrogen) atoms. The van der Waals surface area contributed by atoms with Crippen molar-refractivity contribution in [2.24, 2.45) is 0 Å². The van der Waals surface area contributed by atoms with E-state index in [1.54, 1.807) is 6.20 Å². The fraction of sp³-hybridized carbons (Fsp3) is 0.286. The number of H-pyrrole nitrogens is 1. The molecule has 1 atom stereocenters. The van der Waals surface area contributed by atoms with Crippen molar-refractivity contribution in [3.63, 3.8) is 0 Å². The van der Waals surface area contributed by atoms with Crippen LogP contribution in [0.25, 0.3) is 22.1 Å². The second kappa shape index (κ2) is 9.95. The molecule has 6 rings (SSSR count). The summed E-state index contributed by atoms with van der Waals surface area (Å²) < 4.78 is 18.2. The van der Waals surface area contributed by atoms with Crippen molar-refractivity contribution in [1.82, 2.24) is 19.9 Å². The largest absolute Gasteiger partial charge is 0.490 e. The molecular formula is C28H28ClN5O3. The number of fused-ring (bicyclic) bond motifs is 2. The number of aromatic amines is 1. The van der Waals surface area contributed by atoms with Crippen molar-refractivity contribution in [2.75, 3.05) is 18.5 Å². The highest BCUT2D eigenvalue weighted by Gasteiger charge is 2.27. The van der Waals surface area contributed by atoms with Gasteiger partial charge in [-0.05, 0) is 69.6 Å².